The first kappa shape index (κ1) is 26.6. The molecule has 4 rings (SSSR count). The fourth-order valence-corrected chi connectivity index (χ4v) is 5.39. The molecule has 0 saturated carbocycles. The van der Waals surface area contributed by atoms with Crippen molar-refractivity contribution in [1.82, 2.24) is 25.5 Å². The Hall–Kier alpha value is -3.51. The molecule has 0 radical (unpaired) electrons. The van der Waals surface area contributed by atoms with Gasteiger partial charge in [0.1, 0.15) is 17.3 Å². The number of ether oxygens (including phenoxy) is 1. The van der Waals surface area contributed by atoms with E-state index in [4.69, 9.17) is 4.74 Å². The standard InChI is InChI=1S/C23H25F3N6O4S/c24-23(25,26)20-14-28-22(32-20)16-4-5-19(36-8-1-2-17-13-27-7-9-37(17,34)35)18(10-16)31-21(33)6-3-15-11-29-30-12-15/h4-5,10-12,14,17,27,34-35H,1-2,7-9,13H2,(H,28,32)(H,29,30)(H,31,33). The van der Waals surface area contributed by atoms with Crippen LogP contribution < -0.4 is 15.4 Å². The van der Waals surface area contributed by atoms with Crippen LogP contribution >= 0.6 is 10.6 Å². The van der Waals surface area contributed by atoms with Crippen molar-refractivity contribution in [3.63, 3.8) is 0 Å². The number of rotatable bonds is 7. The Bertz CT molecular complexity index is 1280. The van der Waals surface area contributed by atoms with E-state index >= 15 is 0 Å². The van der Waals surface area contributed by atoms with Gasteiger partial charge in [0.2, 0.25) is 0 Å². The fourth-order valence-electron chi connectivity index (χ4n) is 3.68. The zero-order chi connectivity index (χ0) is 26.5. The summed E-state index contributed by atoms with van der Waals surface area (Å²) in [6.45, 7) is 1.29. The Kier molecular flexibility index (Phi) is 8.08. The molecular formula is C23H25F3N6O4S. The maximum Gasteiger partial charge on any atom is 0.432 e. The number of imidazole rings is 1. The van der Waals surface area contributed by atoms with Crippen molar-refractivity contribution in [1.29, 1.82) is 0 Å². The van der Waals surface area contributed by atoms with Crippen LogP contribution in [-0.2, 0) is 11.0 Å². The van der Waals surface area contributed by atoms with Gasteiger partial charge >= 0.3 is 12.1 Å². The van der Waals surface area contributed by atoms with Gasteiger partial charge in [-0.05, 0) is 31.0 Å². The zero-order valence-corrected chi connectivity index (χ0v) is 20.2. The number of anilines is 1. The highest BCUT2D eigenvalue weighted by atomic mass is 32.3. The number of aromatic amines is 2. The highest BCUT2D eigenvalue weighted by Gasteiger charge is 2.33. The van der Waals surface area contributed by atoms with Crippen LogP contribution in [0.25, 0.3) is 11.4 Å². The number of halogens is 3. The maximum absolute atomic E-state index is 13.0. The van der Waals surface area contributed by atoms with Crippen LogP contribution in [0.1, 0.15) is 24.1 Å². The third-order valence-corrected chi connectivity index (χ3v) is 7.89. The van der Waals surface area contributed by atoms with Crippen LogP contribution in [-0.4, -0.2) is 65.9 Å². The number of nitrogens with one attached hydrogen (secondary N) is 4. The second-order valence-electron chi connectivity index (χ2n) is 8.28. The lowest BCUT2D eigenvalue weighted by atomic mass is 10.1. The zero-order valence-electron chi connectivity index (χ0n) is 19.4. The summed E-state index contributed by atoms with van der Waals surface area (Å²) < 4.78 is 65.2. The first-order valence-corrected chi connectivity index (χ1v) is 13.1. The lowest BCUT2D eigenvalue weighted by Gasteiger charge is -2.44. The summed E-state index contributed by atoms with van der Waals surface area (Å²) in [6, 6.07) is 4.47. The van der Waals surface area contributed by atoms with E-state index in [0.717, 1.165) is 0 Å². The first-order valence-electron chi connectivity index (χ1n) is 11.3. The van der Waals surface area contributed by atoms with Crippen LogP contribution in [0.5, 0.6) is 5.75 Å². The van der Waals surface area contributed by atoms with Crippen molar-refractivity contribution in [2.24, 2.45) is 0 Å². The van der Waals surface area contributed by atoms with E-state index in [1.807, 2.05) is 0 Å². The lowest BCUT2D eigenvalue weighted by Crippen LogP contribution is -2.41. The number of carbonyl (C=O) groups is 1. The van der Waals surface area contributed by atoms with Crippen molar-refractivity contribution >= 4 is 22.2 Å². The largest absolute Gasteiger partial charge is 0.491 e. The van der Waals surface area contributed by atoms with E-state index < -0.39 is 28.4 Å². The Morgan fingerprint density at radius 3 is 2.84 bits per heavy atom. The molecule has 1 atom stereocenters. The third-order valence-electron chi connectivity index (χ3n) is 5.61. The minimum Gasteiger partial charge on any atom is -0.491 e. The molecule has 37 heavy (non-hydrogen) atoms. The van der Waals surface area contributed by atoms with Gasteiger partial charge in [-0.15, -0.1) is 0 Å². The molecule has 198 valence electrons. The van der Waals surface area contributed by atoms with Gasteiger partial charge in [-0.2, -0.15) is 28.9 Å². The van der Waals surface area contributed by atoms with Gasteiger partial charge in [-0.3, -0.25) is 19.0 Å². The fraction of sp³-hybridized carbons (Fsp3) is 0.348. The average Bonchev–Trinajstić information content (AvgIpc) is 3.54. The van der Waals surface area contributed by atoms with Crippen LogP contribution in [0.3, 0.4) is 0 Å². The Morgan fingerprint density at radius 2 is 2.14 bits per heavy atom. The van der Waals surface area contributed by atoms with Gasteiger partial charge < -0.3 is 20.4 Å². The lowest BCUT2D eigenvalue weighted by molar-refractivity contribution is -0.140. The van der Waals surface area contributed by atoms with E-state index in [1.54, 1.807) is 0 Å². The van der Waals surface area contributed by atoms with E-state index in [2.05, 4.69) is 42.6 Å². The molecule has 6 N–H and O–H groups in total. The monoisotopic (exact) mass is 538 g/mol. The molecule has 0 bridgehead atoms. The number of benzene rings is 1. The normalized spacial score (nSPS) is 17.9. The van der Waals surface area contributed by atoms with E-state index in [-0.39, 0.29) is 29.1 Å². The third kappa shape index (κ3) is 7.04. The van der Waals surface area contributed by atoms with Crippen LogP contribution in [0.15, 0.2) is 36.8 Å². The molecule has 10 nitrogen and oxygen atoms in total. The second-order valence-corrected chi connectivity index (χ2v) is 10.8. The minimum absolute atomic E-state index is 0.0335. The van der Waals surface area contributed by atoms with E-state index in [9.17, 15) is 27.1 Å². The maximum atomic E-state index is 13.0. The molecule has 1 unspecified atom stereocenters. The van der Waals surface area contributed by atoms with Gasteiger partial charge in [0.05, 0.1) is 41.3 Å². The summed E-state index contributed by atoms with van der Waals surface area (Å²) in [7, 11) is -2.65. The van der Waals surface area contributed by atoms with Gasteiger partial charge in [-0.1, -0.05) is 5.92 Å². The van der Waals surface area contributed by atoms with Crippen LogP contribution in [0, 0.1) is 11.8 Å². The predicted molar refractivity (Wildman–Crippen MR) is 132 cm³/mol. The number of carbonyl (C=O) groups excluding carboxylic acids is 1. The van der Waals surface area contributed by atoms with Crippen molar-refractivity contribution in [2.45, 2.75) is 24.3 Å². The summed E-state index contributed by atoms with van der Waals surface area (Å²) in [6.07, 6.45) is 0.120. The first-order chi connectivity index (χ1) is 17.6. The number of H-pyrrole nitrogens is 2. The SMILES string of the molecule is O=C(C#Cc1cn[nH]c1)Nc1cc(-c2ncc(C(F)(F)F)[nH]2)ccc1OCCCC1CNCCS1(O)O. The minimum atomic E-state index is -4.58. The summed E-state index contributed by atoms with van der Waals surface area (Å²) in [5.41, 5.74) is -0.0119. The second kappa shape index (κ2) is 11.3. The summed E-state index contributed by atoms with van der Waals surface area (Å²) in [4.78, 5) is 18.5. The number of hydrogen-bond acceptors (Lipinski definition) is 7. The molecule has 1 aliphatic heterocycles. The van der Waals surface area contributed by atoms with Crippen molar-refractivity contribution in [3.05, 3.63) is 48.0 Å². The Balaban J connectivity index is 1.49. The molecule has 1 saturated heterocycles. The van der Waals surface area contributed by atoms with Gasteiger partial charge in [-0.25, -0.2) is 4.98 Å². The van der Waals surface area contributed by atoms with Crippen LogP contribution in [0.2, 0.25) is 0 Å². The molecule has 1 fully saturated rings. The van der Waals surface area contributed by atoms with E-state index in [0.29, 0.717) is 49.0 Å². The molecule has 3 aromatic rings. The number of amides is 1. The van der Waals surface area contributed by atoms with Gasteiger partial charge in [0.15, 0.2) is 0 Å². The quantitative estimate of drug-likeness (QED) is 0.199. The molecule has 0 aliphatic carbocycles. The molecule has 14 heteroatoms. The smallest absolute Gasteiger partial charge is 0.432 e. The molecule has 3 heterocycles. The number of nitrogens with zero attached hydrogens (tertiary/aromatic N) is 2. The summed E-state index contributed by atoms with van der Waals surface area (Å²) in [5.74, 6) is 4.95. The molecule has 2 aromatic heterocycles. The Morgan fingerprint density at radius 1 is 1.30 bits per heavy atom. The molecule has 1 aliphatic rings. The number of alkyl halides is 3. The highest BCUT2D eigenvalue weighted by Crippen LogP contribution is 2.46. The highest BCUT2D eigenvalue weighted by molar-refractivity contribution is 8.24. The molecule has 1 amide bonds. The van der Waals surface area contributed by atoms with Gasteiger partial charge in [0.25, 0.3) is 0 Å². The average molecular weight is 539 g/mol. The van der Waals surface area contributed by atoms with E-state index in [1.165, 1.54) is 30.6 Å². The van der Waals surface area contributed by atoms with Crippen molar-refractivity contribution < 1.29 is 31.8 Å². The molecule has 0 spiro atoms. The number of hydrogen-bond donors (Lipinski definition) is 6. The summed E-state index contributed by atoms with van der Waals surface area (Å²) >= 11 is 0. The van der Waals surface area contributed by atoms with Crippen molar-refractivity contribution in [3.8, 4) is 29.0 Å². The molecule has 1 aromatic carbocycles. The Labute approximate surface area is 211 Å². The number of aromatic nitrogens is 4. The van der Waals surface area contributed by atoms with Crippen molar-refractivity contribution in [2.75, 3.05) is 30.8 Å². The van der Waals surface area contributed by atoms with Crippen LogP contribution in [0.4, 0.5) is 18.9 Å². The molecular weight excluding hydrogens is 513 g/mol. The van der Waals surface area contributed by atoms with Gasteiger partial charge in [0, 0.05) is 30.8 Å². The summed E-state index contributed by atoms with van der Waals surface area (Å²) in [5, 5.41) is 11.8. The predicted octanol–water partition coefficient (Wildman–Crippen LogP) is 3.69. The topological polar surface area (TPSA) is 148 Å².